The van der Waals surface area contributed by atoms with E-state index in [1.165, 1.54) is 122 Å². The van der Waals surface area contributed by atoms with Crippen molar-refractivity contribution in [3.8, 4) is 11.8 Å². The average Bonchev–Trinajstić information content (AvgIpc) is 2.77. The molecule has 31 heavy (non-hydrogen) atoms. The minimum atomic E-state index is -0.0793. The highest BCUT2D eigenvalue weighted by Gasteiger charge is 2.03. The normalized spacial score (nSPS) is 12.0. The molecule has 0 aliphatic carbocycles. The van der Waals surface area contributed by atoms with E-state index in [9.17, 15) is 5.11 Å². The fourth-order valence-corrected chi connectivity index (χ4v) is 4.28. The SMILES string of the molecule is CCCCC#CCCCC[C@@H](O)CCCCCCCCCCCCCCCCCCC. The summed E-state index contributed by atoms with van der Waals surface area (Å²) in [6.45, 7) is 4.51. The van der Waals surface area contributed by atoms with Gasteiger partial charge in [-0.1, -0.05) is 129 Å². The molecular weight excluding hydrogens is 376 g/mol. The number of aliphatic hydroxyl groups is 1. The van der Waals surface area contributed by atoms with Crippen molar-refractivity contribution >= 4 is 0 Å². The maximum atomic E-state index is 10.1. The smallest absolute Gasteiger partial charge is 0.0540 e. The summed E-state index contributed by atoms with van der Waals surface area (Å²) >= 11 is 0. The molecule has 0 spiro atoms. The van der Waals surface area contributed by atoms with Gasteiger partial charge in [0.1, 0.15) is 0 Å². The van der Waals surface area contributed by atoms with Crippen molar-refractivity contribution < 1.29 is 5.11 Å². The number of aliphatic hydroxyl groups excluding tert-OH is 1. The van der Waals surface area contributed by atoms with Crippen LogP contribution in [0.4, 0.5) is 0 Å². The van der Waals surface area contributed by atoms with Crippen molar-refractivity contribution in [3.05, 3.63) is 0 Å². The maximum absolute atomic E-state index is 10.1. The van der Waals surface area contributed by atoms with Crippen molar-refractivity contribution in [2.24, 2.45) is 0 Å². The lowest BCUT2D eigenvalue weighted by atomic mass is 10.0. The van der Waals surface area contributed by atoms with E-state index in [1.807, 2.05) is 0 Å². The molecule has 1 atom stereocenters. The van der Waals surface area contributed by atoms with Crippen LogP contribution in [0.15, 0.2) is 0 Å². The van der Waals surface area contributed by atoms with Gasteiger partial charge in [0.2, 0.25) is 0 Å². The van der Waals surface area contributed by atoms with Crippen molar-refractivity contribution in [2.45, 2.75) is 180 Å². The first-order valence-electron chi connectivity index (χ1n) is 14.4. The highest BCUT2D eigenvalue weighted by molar-refractivity contribution is 4.98. The molecule has 0 amide bonds. The van der Waals surface area contributed by atoms with E-state index in [-0.39, 0.29) is 6.10 Å². The molecule has 0 saturated carbocycles. The topological polar surface area (TPSA) is 20.2 Å². The van der Waals surface area contributed by atoms with Crippen molar-refractivity contribution in [2.75, 3.05) is 0 Å². The van der Waals surface area contributed by atoms with Crippen LogP contribution in [-0.2, 0) is 0 Å². The van der Waals surface area contributed by atoms with Gasteiger partial charge in [0.05, 0.1) is 6.10 Å². The van der Waals surface area contributed by atoms with Gasteiger partial charge in [0.25, 0.3) is 0 Å². The van der Waals surface area contributed by atoms with E-state index in [4.69, 9.17) is 0 Å². The standard InChI is InChI=1S/C30H58O/c1-3-5-7-9-11-13-14-15-16-17-18-19-20-21-23-25-27-29-30(31)28-26-24-22-12-10-8-6-4-2/h30-31H,3-9,11,13-29H2,1-2H3/t30-/m1/s1. The van der Waals surface area contributed by atoms with Crippen molar-refractivity contribution in [1.29, 1.82) is 0 Å². The van der Waals surface area contributed by atoms with Gasteiger partial charge in [-0.2, -0.15) is 0 Å². The van der Waals surface area contributed by atoms with Gasteiger partial charge < -0.3 is 5.11 Å². The second kappa shape index (κ2) is 27.6. The Morgan fingerprint density at radius 1 is 0.419 bits per heavy atom. The van der Waals surface area contributed by atoms with E-state index in [1.54, 1.807) is 0 Å². The highest BCUT2D eigenvalue weighted by Crippen LogP contribution is 2.15. The third kappa shape index (κ3) is 27.5. The van der Waals surface area contributed by atoms with E-state index in [0.717, 1.165) is 38.5 Å². The Kier molecular flexibility index (Phi) is 27.1. The third-order valence-electron chi connectivity index (χ3n) is 6.51. The van der Waals surface area contributed by atoms with Gasteiger partial charge in [0, 0.05) is 12.8 Å². The predicted molar refractivity (Wildman–Crippen MR) is 141 cm³/mol. The Hall–Kier alpha value is -0.480. The molecule has 0 saturated heterocycles. The fraction of sp³-hybridized carbons (Fsp3) is 0.933. The lowest BCUT2D eigenvalue weighted by Crippen LogP contribution is -2.05. The Morgan fingerprint density at radius 2 is 0.742 bits per heavy atom. The lowest BCUT2D eigenvalue weighted by Gasteiger charge is -2.09. The van der Waals surface area contributed by atoms with Gasteiger partial charge in [0.15, 0.2) is 0 Å². The molecule has 1 N–H and O–H groups in total. The van der Waals surface area contributed by atoms with E-state index in [0.29, 0.717) is 0 Å². The van der Waals surface area contributed by atoms with Crippen molar-refractivity contribution in [1.82, 2.24) is 0 Å². The summed E-state index contributed by atoms with van der Waals surface area (Å²) in [5.74, 6) is 6.51. The second-order valence-electron chi connectivity index (χ2n) is 9.80. The van der Waals surface area contributed by atoms with E-state index < -0.39 is 0 Å². The number of unbranched alkanes of at least 4 members (excludes halogenated alkanes) is 20. The van der Waals surface area contributed by atoms with Crippen LogP contribution in [0.5, 0.6) is 0 Å². The van der Waals surface area contributed by atoms with E-state index in [2.05, 4.69) is 25.7 Å². The second-order valence-corrected chi connectivity index (χ2v) is 9.80. The minimum absolute atomic E-state index is 0.0793. The molecule has 0 bridgehead atoms. The Bertz CT molecular complexity index is 378. The Labute approximate surface area is 197 Å². The predicted octanol–water partition coefficient (Wildman–Crippen LogP) is 10.1. The fourth-order valence-electron chi connectivity index (χ4n) is 4.28. The molecule has 0 aliphatic heterocycles. The molecule has 0 unspecified atom stereocenters. The van der Waals surface area contributed by atoms with Gasteiger partial charge in [-0.15, -0.1) is 11.8 Å². The lowest BCUT2D eigenvalue weighted by molar-refractivity contribution is 0.147. The molecule has 184 valence electrons. The molecule has 0 aromatic rings. The summed E-state index contributed by atoms with van der Waals surface area (Å²) in [5, 5.41) is 10.1. The first-order valence-corrected chi connectivity index (χ1v) is 14.4. The number of hydrogen-bond acceptors (Lipinski definition) is 1. The van der Waals surface area contributed by atoms with Crippen LogP contribution in [0, 0.1) is 11.8 Å². The van der Waals surface area contributed by atoms with Crippen LogP contribution >= 0.6 is 0 Å². The average molecular weight is 435 g/mol. The molecular formula is C30H58O. The maximum Gasteiger partial charge on any atom is 0.0540 e. The quantitative estimate of drug-likeness (QED) is 0.118. The molecule has 0 aromatic heterocycles. The van der Waals surface area contributed by atoms with Crippen LogP contribution in [0.1, 0.15) is 174 Å². The first-order chi connectivity index (χ1) is 15.3. The minimum Gasteiger partial charge on any atom is -0.393 e. The van der Waals surface area contributed by atoms with Crippen LogP contribution < -0.4 is 0 Å². The number of hydrogen-bond donors (Lipinski definition) is 1. The first kappa shape index (κ1) is 30.5. The monoisotopic (exact) mass is 434 g/mol. The summed E-state index contributed by atoms with van der Waals surface area (Å²) in [7, 11) is 0. The summed E-state index contributed by atoms with van der Waals surface area (Å²) in [6.07, 6.45) is 32.7. The third-order valence-corrected chi connectivity index (χ3v) is 6.51. The van der Waals surface area contributed by atoms with Crippen LogP contribution in [-0.4, -0.2) is 11.2 Å². The van der Waals surface area contributed by atoms with Gasteiger partial charge in [-0.05, 0) is 32.1 Å². The number of rotatable bonds is 24. The van der Waals surface area contributed by atoms with Crippen molar-refractivity contribution in [3.63, 3.8) is 0 Å². The zero-order valence-electron chi connectivity index (χ0n) is 21.7. The van der Waals surface area contributed by atoms with Crippen LogP contribution in [0.2, 0.25) is 0 Å². The zero-order valence-corrected chi connectivity index (χ0v) is 21.7. The molecule has 0 fully saturated rings. The molecule has 1 heteroatoms. The van der Waals surface area contributed by atoms with Gasteiger partial charge >= 0.3 is 0 Å². The van der Waals surface area contributed by atoms with Crippen LogP contribution in [0.3, 0.4) is 0 Å². The summed E-state index contributed by atoms with van der Waals surface area (Å²) in [4.78, 5) is 0. The molecule has 0 aliphatic rings. The summed E-state index contributed by atoms with van der Waals surface area (Å²) in [6, 6.07) is 0. The molecule has 0 heterocycles. The Balaban J connectivity index is 3.16. The Morgan fingerprint density at radius 3 is 1.16 bits per heavy atom. The molecule has 0 rings (SSSR count). The molecule has 1 nitrogen and oxygen atoms in total. The van der Waals surface area contributed by atoms with E-state index >= 15 is 0 Å². The molecule has 0 radical (unpaired) electrons. The zero-order chi connectivity index (χ0) is 22.7. The summed E-state index contributed by atoms with van der Waals surface area (Å²) < 4.78 is 0. The van der Waals surface area contributed by atoms with Crippen LogP contribution in [0.25, 0.3) is 0 Å². The van der Waals surface area contributed by atoms with Gasteiger partial charge in [-0.25, -0.2) is 0 Å². The largest absolute Gasteiger partial charge is 0.393 e. The molecule has 0 aromatic carbocycles. The highest BCUT2D eigenvalue weighted by atomic mass is 16.3. The van der Waals surface area contributed by atoms with Gasteiger partial charge in [-0.3, -0.25) is 0 Å². The summed E-state index contributed by atoms with van der Waals surface area (Å²) in [5.41, 5.74) is 0.